The molecule has 1 N–H and O–H groups in total. The number of para-hydroxylation sites is 1. The van der Waals surface area contributed by atoms with Crippen molar-refractivity contribution in [2.45, 2.75) is 18.9 Å². The second-order valence-electron chi connectivity index (χ2n) is 6.02. The number of piperidine rings is 1. The highest BCUT2D eigenvalue weighted by Gasteiger charge is 2.23. The smallest absolute Gasteiger partial charge is 0.311 e. The van der Waals surface area contributed by atoms with Crippen LogP contribution in [-0.4, -0.2) is 31.2 Å². The molecule has 2 aromatic rings. The number of methoxy groups -OCH3 is 1. The van der Waals surface area contributed by atoms with Crippen molar-refractivity contribution in [3.05, 3.63) is 58.4 Å². The third kappa shape index (κ3) is 3.81. The zero-order valence-electron chi connectivity index (χ0n) is 13.9. The molecule has 1 aliphatic heterocycles. The van der Waals surface area contributed by atoms with Crippen LogP contribution in [0, 0.1) is 15.9 Å². The van der Waals surface area contributed by atoms with E-state index in [1.165, 1.54) is 19.2 Å². The Kier molecular flexibility index (Phi) is 5.02. The van der Waals surface area contributed by atoms with E-state index in [-0.39, 0.29) is 23.3 Å². The zero-order chi connectivity index (χ0) is 17.8. The molecule has 0 aliphatic carbocycles. The van der Waals surface area contributed by atoms with E-state index in [0.717, 1.165) is 25.1 Å². The lowest BCUT2D eigenvalue weighted by Crippen LogP contribution is -2.42. The molecule has 1 saturated heterocycles. The number of nitrogens with one attached hydrogen (secondary N) is 1. The maximum Gasteiger partial charge on any atom is 0.311 e. The maximum atomic E-state index is 14.0. The van der Waals surface area contributed by atoms with Gasteiger partial charge in [0.2, 0.25) is 0 Å². The Hall–Kier alpha value is -2.83. The fourth-order valence-corrected chi connectivity index (χ4v) is 3.18. The van der Waals surface area contributed by atoms with Crippen LogP contribution in [0.3, 0.4) is 0 Å². The first-order chi connectivity index (χ1) is 12.1. The van der Waals surface area contributed by atoms with Crippen LogP contribution in [0.2, 0.25) is 0 Å². The fourth-order valence-electron chi connectivity index (χ4n) is 3.18. The summed E-state index contributed by atoms with van der Waals surface area (Å²) in [5.41, 5.74) is 1.29. The second-order valence-corrected chi connectivity index (χ2v) is 6.02. The molecular weight excluding hydrogens is 325 g/mol. The van der Waals surface area contributed by atoms with Crippen molar-refractivity contribution in [1.82, 2.24) is 0 Å². The zero-order valence-corrected chi connectivity index (χ0v) is 13.9. The number of halogens is 1. The third-order valence-corrected chi connectivity index (χ3v) is 4.36. The van der Waals surface area contributed by atoms with Crippen LogP contribution in [0.5, 0.6) is 5.75 Å². The quantitative estimate of drug-likeness (QED) is 0.659. The van der Waals surface area contributed by atoms with E-state index in [2.05, 4.69) is 5.32 Å². The number of benzene rings is 2. The van der Waals surface area contributed by atoms with Crippen molar-refractivity contribution < 1.29 is 14.1 Å². The minimum absolute atomic E-state index is 0.0651. The largest absolute Gasteiger partial charge is 0.490 e. The summed E-state index contributed by atoms with van der Waals surface area (Å²) in [5.74, 6) is -0.00285. The van der Waals surface area contributed by atoms with Crippen molar-refractivity contribution in [2.75, 3.05) is 30.4 Å². The summed E-state index contributed by atoms with van der Waals surface area (Å²) in [5, 5.41) is 14.4. The highest BCUT2D eigenvalue weighted by molar-refractivity contribution is 5.58. The van der Waals surface area contributed by atoms with Crippen LogP contribution >= 0.6 is 0 Å². The normalized spacial score (nSPS) is 17.2. The van der Waals surface area contributed by atoms with E-state index in [1.807, 2.05) is 11.0 Å². The van der Waals surface area contributed by atoms with Crippen LogP contribution in [0.25, 0.3) is 0 Å². The lowest BCUT2D eigenvalue weighted by Gasteiger charge is -2.35. The maximum absolute atomic E-state index is 14.0. The molecule has 0 spiro atoms. The summed E-state index contributed by atoms with van der Waals surface area (Å²) < 4.78 is 19.1. The van der Waals surface area contributed by atoms with Gasteiger partial charge in [0.1, 0.15) is 5.82 Å². The molecule has 1 unspecified atom stereocenters. The van der Waals surface area contributed by atoms with Crippen molar-refractivity contribution in [3.8, 4) is 5.75 Å². The average Bonchev–Trinajstić information content (AvgIpc) is 2.62. The van der Waals surface area contributed by atoms with Crippen molar-refractivity contribution in [2.24, 2.45) is 0 Å². The summed E-state index contributed by atoms with van der Waals surface area (Å²) in [7, 11) is 1.41. The lowest BCUT2D eigenvalue weighted by atomic mass is 10.0. The number of ether oxygens (including phenoxy) is 1. The molecule has 25 heavy (non-hydrogen) atoms. The first-order valence-corrected chi connectivity index (χ1v) is 8.17. The predicted octanol–water partition coefficient (Wildman–Crippen LogP) is 3.82. The number of hydrogen-bond acceptors (Lipinski definition) is 5. The second kappa shape index (κ2) is 7.38. The van der Waals surface area contributed by atoms with E-state index in [1.54, 1.807) is 24.3 Å². The Morgan fingerprint density at radius 3 is 2.84 bits per heavy atom. The SMILES string of the molecule is COc1cc(NC2CCCN(c3ccccc3F)C2)ccc1[N+](=O)[O-]. The van der Waals surface area contributed by atoms with Gasteiger partial charge in [-0.3, -0.25) is 10.1 Å². The Balaban J connectivity index is 1.73. The summed E-state index contributed by atoms with van der Waals surface area (Å²) in [6.45, 7) is 1.48. The molecule has 0 saturated carbocycles. The molecule has 0 bridgehead atoms. The van der Waals surface area contributed by atoms with Gasteiger partial charge >= 0.3 is 5.69 Å². The van der Waals surface area contributed by atoms with Crippen molar-refractivity contribution in [3.63, 3.8) is 0 Å². The van der Waals surface area contributed by atoms with Crippen LogP contribution in [-0.2, 0) is 0 Å². The fraction of sp³-hybridized carbons (Fsp3) is 0.333. The number of hydrogen-bond donors (Lipinski definition) is 1. The Bertz CT molecular complexity index is 769. The topological polar surface area (TPSA) is 67.6 Å². The van der Waals surface area contributed by atoms with Gasteiger partial charge in [-0.05, 0) is 31.0 Å². The first-order valence-electron chi connectivity index (χ1n) is 8.17. The van der Waals surface area contributed by atoms with Crippen LogP contribution < -0.4 is 15.0 Å². The Morgan fingerprint density at radius 2 is 2.12 bits per heavy atom. The monoisotopic (exact) mass is 345 g/mol. The summed E-state index contributed by atoms with van der Waals surface area (Å²) in [4.78, 5) is 12.5. The minimum Gasteiger partial charge on any atom is -0.490 e. The predicted molar refractivity (Wildman–Crippen MR) is 94.9 cm³/mol. The van der Waals surface area contributed by atoms with E-state index in [4.69, 9.17) is 4.74 Å². The van der Waals surface area contributed by atoms with Gasteiger partial charge in [-0.15, -0.1) is 0 Å². The molecular formula is C18H20FN3O3. The standard InChI is InChI=1S/C18H20FN3O3/c1-25-18-11-13(8-9-17(18)22(23)24)20-14-5-4-10-21(12-14)16-7-3-2-6-15(16)19/h2-3,6-9,11,14,20H,4-5,10,12H2,1H3. The first kappa shape index (κ1) is 17.0. The van der Waals surface area contributed by atoms with Gasteiger partial charge in [0.25, 0.3) is 0 Å². The number of nitro benzene ring substituents is 1. The summed E-state index contributed by atoms with van der Waals surface area (Å²) in [6, 6.07) is 11.6. The number of nitrogens with zero attached hydrogens (tertiary/aromatic N) is 2. The number of nitro groups is 1. The van der Waals surface area contributed by atoms with Gasteiger partial charge in [0.05, 0.1) is 17.7 Å². The molecule has 1 heterocycles. The van der Waals surface area contributed by atoms with Gasteiger partial charge < -0.3 is 15.0 Å². The summed E-state index contributed by atoms with van der Waals surface area (Å²) >= 11 is 0. The molecule has 1 atom stereocenters. The third-order valence-electron chi connectivity index (χ3n) is 4.36. The van der Waals surface area contributed by atoms with Crippen LogP contribution in [0.1, 0.15) is 12.8 Å². The molecule has 0 aromatic heterocycles. The van der Waals surface area contributed by atoms with E-state index < -0.39 is 4.92 Å². The van der Waals surface area contributed by atoms with Gasteiger partial charge in [-0.25, -0.2) is 4.39 Å². The highest BCUT2D eigenvalue weighted by atomic mass is 19.1. The molecule has 1 aliphatic rings. The average molecular weight is 345 g/mol. The molecule has 132 valence electrons. The number of rotatable bonds is 5. The molecule has 7 heteroatoms. The Morgan fingerprint density at radius 1 is 1.32 bits per heavy atom. The van der Waals surface area contributed by atoms with Gasteiger partial charge in [0.15, 0.2) is 5.75 Å². The summed E-state index contributed by atoms with van der Waals surface area (Å²) in [6.07, 6.45) is 1.89. The van der Waals surface area contributed by atoms with Gasteiger partial charge in [-0.1, -0.05) is 12.1 Å². The van der Waals surface area contributed by atoms with Crippen molar-refractivity contribution >= 4 is 17.1 Å². The Labute approximate surface area is 145 Å². The lowest BCUT2D eigenvalue weighted by molar-refractivity contribution is -0.385. The van der Waals surface area contributed by atoms with E-state index in [9.17, 15) is 14.5 Å². The molecule has 0 radical (unpaired) electrons. The van der Waals surface area contributed by atoms with Crippen molar-refractivity contribution in [1.29, 1.82) is 0 Å². The molecule has 1 fully saturated rings. The molecule has 3 rings (SSSR count). The van der Waals surface area contributed by atoms with Gasteiger partial charge in [0, 0.05) is 37.0 Å². The molecule has 0 amide bonds. The van der Waals surface area contributed by atoms with Gasteiger partial charge in [-0.2, -0.15) is 0 Å². The molecule has 6 nitrogen and oxygen atoms in total. The van der Waals surface area contributed by atoms with E-state index in [0.29, 0.717) is 12.2 Å². The number of anilines is 2. The van der Waals surface area contributed by atoms with Crippen LogP contribution in [0.4, 0.5) is 21.5 Å². The highest BCUT2D eigenvalue weighted by Crippen LogP contribution is 2.31. The van der Waals surface area contributed by atoms with Crippen LogP contribution in [0.15, 0.2) is 42.5 Å². The molecule has 2 aromatic carbocycles. The van der Waals surface area contributed by atoms with E-state index >= 15 is 0 Å². The minimum atomic E-state index is -0.469.